The van der Waals surface area contributed by atoms with Crippen LogP contribution in [0.15, 0.2) is 73.2 Å². The Bertz CT molecular complexity index is 2930. The van der Waals surface area contributed by atoms with Crippen LogP contribution in [0.4, 0.5) is 51.8 Å². The van der Waals surface area contributed by atoms with Crippen LogP contribution in [0, 0.1) is 18.2 Å². The van der Waals surface area contributed by atoms with Crippen molar-refractivity contribution < 1.29 is 33.8 Å². The van der Waals surface area contributed by atoms with Crippen LogP contribution < -0.4 is 13.7 Å². The molecule has 3 aromatic carbocycles. The second kappa shape index (κ2) is 20.2. The zero-order valence-electron chi connectivity index (χ0n) is 47.1. The largest absolute Gasteiger partial charge is 3.00 e. The molecule has 0 spiro atoms. The van der Waals surface area contributed by atoms with Gasteiger partial charge in [0, 0.05) is 26.2 Å². The van der Waals surface area contributed by atoms with Gasteiger partial charge in [-0.25, -0.2) is 4.98 Å². The quantitative estimate of drug-likeness (QED) is 0.129. The molecule has 0 atom stereocenters. The smallest absolute Gasteiger partial charge is 0.233 e. The SMILES string of the molecule is C[N+]1=C=[N+](c2[c-]cc(C(C)(C)C)cc2)c2nc(C(C)(C)C)cnc21.C[N+]1=C=[N+](c2[c-]cc(C(C)(C)C)cc2)c2nc(C(C)(C)C)cnc21.C[N+]1=C=[N+](c2[c-]cc(C(C)(C)C)cc2)c2nc(C(C)(C)C)ncc21.[Ir+3]. The molecular formula is C60H75IrN12+6. The Morgan fingerprint density at radius 3 is 1.01 bits per heavy atom. The minimum atomic E-state index is -0.0956. The van der Waals surface area contributed by atoms with E-state index in [9.17, 15) is 0 Å². The van der Waals surface area contributed by atoms with Crippen molar-refractivity contribution in [3.05, 3.63) is 125 Å². The van der Waals surface area contributed by atoms with Gasteiger partial charge in [0.15, 0.2) is 19.4 Å². The summed E-state index contributed by atoms with van der Waals surface area (Å²) in [5.41, 5.74) is 9.60. The van der Waals surface area contributed by atoms with E-state index >= 15 is 0 Å². The zero-order valence-corrected chi connectivity index (χ0v) is 49.5. The number of rotatable bonds is 3. The number of benzene rings is 3. The first kappa shape index (κ1) is 56.0. The first-order chi connectivity index (χ1) is 33.2. The molecular weight excluding hydrogens is 1080 g/mol. The fourth-order valence-corrected chi connectivity index (χ4v) is 7.68. The molecule has 0 saturated carbocycles. The summed E-state index contributed by atoms with van der Waals surface area (Å²) in [6.45, 7) is 39.0. The third kappa shape index (κ3) is 12.4. The molecule has 6 aromatic rings. The topological polar surface area (TPSA) is 95.4 Å². The van der Waals surface area contributed by atoms with Crippen LogP contribution in [0.3, 0.4) is 0 Å². The van der Waals surface area contributed by atoms with Crippen LogP contribution in [-0.2, 0) is 52.6 Å². The molecule has 0 bridgehead atoms. The Hall–Kier alpha value is -6.31. The summed E-state index contributed by atoms with van der Waals surface area (Å²) in [4.78, 5) is 28.2. The number of hydrogen-bond donors (Lipinski definition) is 0. The van der Waals surface area contributed by atoms with Gasteiger partial charge in [-0.2, -0.15) is 68.0 Å². The first-order valence-corrected chi connectivity index (χ1v) is 24.8. The molecule has 3 aliphatic rings. The summed E-state index contributed by atoms with van der Waals surface area (Å²) < 4.78 is 11.5. The van der Waals surface area contributed by atoms with Gasteiger partial charge < -0.3 is 0 Å². The van der Waals surface area contributed by atoms with E-state index in [1.807, 2.05) is 67.2 Å². The molecule has 3 aromatic heterocycles. The summed E-state index contributed by atoms with van der Waals surface area (Å²) in [6, 6.07) is 38.8. The normalized spacial score (nSPS) is 14.1. The molecule has 6 heterocycles. The number of fused-ring (bicyclic) bond motifs is 3. The van der Waals surface area contributed by atoms with E-state index in [-0.39, 0.29) is 52.6 Å². The van der Waals surface area contributed by atoms with Crippen molar-refractivity contribution in [1.29, 1.82) is 0 Å². The third-order valence-electron chi connectivity index (χ3n) is 12.5. The van der Waals surface area contributed by atoms with Crippen LogP contribution >= 0.6 is 0 Å². The van der Waals surface area contributed by atoms with E-state index in [1.54, 1.807) is 0 Å². The summed E-state index contributed by atoms with van der Waals surface area (Å²) in [5.74, 6) is 4.94. The van der Waals surface area contributed by atoms with Crippen molar-refractivity contribution in [3.8, 4) is 0 Å². The molecule has 13 heteroatoms. The summed E-state index contributed by atoms with van der Waals surface area (Å²) in [7, 11) is 5.84. The number of aromatic nitrogens is 6. The number of hydrogen-bond acceptors (Lipinski definition) is 6. The molecule has 0 saturated heterocycles. The van der Waals surface area contributed by atoms with Crippen LogP contribution in [0.5, 0.6) is 0 Å². The van der Waals surface area contributed by atoms with Crippen molar-refractivity contribution in [3.63, 3.8) is 0 Å². The summed E-state index contributed by atoms with van der Waals surface area (Å²) in [5, 5.41) is 0. The Morgan fingerprint density at radius 2 is 0.712 bits per heavy atom. The Labute approximate surface area is 448 Å². The second-order valence-corrected chi connectivity index (χ2v) is 25.1. The van der Waals surface area contributed by atoms with E-state index in [0.29, 0.717) is 0 Å². The van der Waals surface area contributed by atoms with Crippen molar-refractivity contribution in [1.82, 2.24) is 43.6 Å². The molecule has 9 rings (SSSR count). The predicted octanol–water partition coefficient (Wildman–Crippen LogP) is 12.5. The molecule has 378 valence electrons. The minimum absolute atomic E-state index is 0. The fourth-order valence-electron chi connectivity index (χ4n) is 7.68. The van der Waals surface area contributed by atoms with Gasteiger partial charge in [-0.3, -0.25) is 0 Å². The maximum absolute atomic E-state index is 4.84. The molecule has 3 aliphatic heterocycles. The maximum Gasteiger partial charge on any atom is 3.00 e. The number of nitrogens with zero attached hydrogens (tertiary/aromatic N) is 12. The van der Waals surface area contributed by atoms with E-state index in [4.69, 9.17) is 15.0 Å². The van der Waals surface area contributed by atoms with Gasteiger partial charge in [0.25, 0.3) is 0 Å². The van der Waals surface area contributed by atoms with Gasteiger partial charge in [-0.1, -0.05) is 156 Å². The van der Waals surface area contributed by atoms with Crippen molar-refractivity contribution in [2.45, 2.75) is 157 Å². The fraction of sp³-hybridized carbons (Fsp3) is 0.450. The van der Waals surface area contributed by atoms with E-state index in [1.165, 1.54) is 16.7 Å². The van der Waals surface area contributed by atoms with Crippen molar-refractivity contribution >= 4 is 69.9 Å². The van der Waals surface area contributed by atoms with E-state index in [0.717, 1.165) is 69.1 Å². The Kier molecular flexibility index (Phi) is 15.5. The monoisotopic (exact) mass is 1160 g/mol. The molecule has 0 aliphatic carbocycles. The van der Waals surface area contributed by atoms with Crippen LogP contribution in [0.2, 0.25) is 0 Å². The first-order valence-electron chi connectivity index (χ1n) is 24.8. The average Bonchev–Trinajstić information content (AvgIpc) is 3.94. The van der Waals surface area contributed by atoms with Crippen molar-refractivity contribution in [2.24, 2.45) is 0 Å². The molecule has 73 heavy (non-hydrogen) atoms. The molecule has 0 radical (unpaired) electrons. The van der Waals surface area contributed by atoms with E-state index in [2.05, 4.69) is 230 Å². The predicted molar refractivity (Wildman–Crippen MR) is 291 cm³/mol. The molecule has 12 nitrogen and oxygen atoms in total. The molecule has 0 fully saturated rings. The molecule has 0 amide bonds. The minimum Gasteiger partial charge on any atom is -0.233 e. The van der Waals surface area contributed by atoms with Crippen LogP contribution in [0.25, 0.3) is 0 Å². The van der Waals surface area contributed by atoms with Gasteiger partial charge in [-0.05, 0) is 0 Å². The van der Waals surface area contributed by atoms with Gasteiger partial charge in [-0.15, -0.1) is 48.6 Å². The summed E-state index contributed by atoms with van der Waals surface area (Å²) in [6.07, 6.45) is 5.58. The van der Waals surface area contributed by atoms with Crippen LogP contribution in [-0.4, -0.2) is 82.8 Å². The Morgan fingerprint density at radius 1 is 0.370 bits per heavy atom. The van der Waals surface area contributed by atoms with Gasteiger partial charge >= 0.3 is 72.9 Å². The van der Waals surface area contributed by atoms with Crippen LogP contribution in [0.1, 0.15) is 159 Å². The average molecular weight is 1160 g/mol. The van der Waals surface area contributed by atoms with Crippen molar-refractivity contribution in [2.75, 3.05) is 21.1 Å². The summed E-state index contributed by atoms with van der Waals surface area (Å²) >= 11 is 0. The molecule has 0 N–H and O–H groups in total. The van der Waals surface area contributed by atoms with Gasteiger partial charge in [0.1, 0.15) is 43.2 Å². The Balaban J connectivity index is 0.000000177. The van der Waals surface area contributed by atoms with Gasteiger partial charge in [0.2, 0.25) is 0 Å². The zero-order chi connectivity index (χ0) is 53.1. The molecule has 0 unspecified atom stereocenters. The maximum atomic E-state index is 4.84. The second-order valence-electron chi connectivity index (χ2n) is 25.1. The third-order valence-corrected chi connectivity index (χ3v) is 12.5. The van der Waals surface area contributed by atoms with E-state index < -0.39 is 0 Å². The standard InChI is InChI=1S/3C20H25N4.Ir/c2*1-19(2,3)14-8-10-15(11-9-14)24-13-23(7)17-18(24)22-16(12-21-17)20(4,5)6;1-19(2,3)14-8-10-15(11-9-14)24-13-23(7)16-12-21-18(20(4,5)6)22-17(16)24;/h3*8-10,12H,1-7H3;/q3*+1;+3. The van der Waals surface area contributed by atoms with Gasteiger partial charge in [0.05, 0.1) is 11.4 Å².